The summed E-state index contributed by atoms with van der Waals surface area (Å²) in [6, 6.07) is 10.2. The minimum absolute atomic E-state index is 0.0989. The van der Waals surface area contributed by atoms with Gasteiger partial charge in [-0.1, -0.05) is 51.1 Å². The maximum absolute atomic E-state index is 12.9. The molecule has 2 aliphatic carbocycles. The van der Waals surface area contributed by atoms with Crippen molar-refractivity contribution in [1.29, 1.82) is 0 Å². The normalized spacial score (nSPS) is 34.2. The summed E-state index contributed by atoms with van der Waals surface area (Å²) >= 11 is 0. The molecule has 0 amide bonds. The Labute approximate surface area is 115 Å². The van der Waals surface area contributed by atoms with E-state index in [4.69, 9.17) is 0 Å². The van der Waals surface area contributed by atoms with Crippen molar-refractivity contribution < 1.29 is 4.79 Å². The number of benzene rings is 1. The lowest BCUT2D eigenvalue weighted by Crippen LogP contribution is -2.35. The van der Waals surface area contributed by atoms with Crippen molar-refractivity contribution in [3.05, 3.63) is 41.5 Å². The molecule has 2 saturated carbocycles. The lowest BCUT2D eigenvalue weighted by molar-refractivity contribution is -0.126. The van der Waals surface area contributed by atoms with Gasteiger partial charge in [-0.05, 0) is 47.8 Å². The Morgan fingerprint density at radius 1 is 1.26 bits per heavy atom. The number of hydrogen-bond acceptors (Lipinski definition) is 1. The molecule has 2 aliphatic rings. The number of rotatable bonds is 2. The SMILES string of the molecule is CCC12CCC(/C(=C/c3ccccc3)C1=O)C2(C)C. The van der Waals surface area contributed by atoms with Crippen LogP contribution in [0.25, 0.3) is 6.08 Å². The lowest BCUT2D eigenvalue weighted by atomic mass is 9.67. The maximum Gasteiger partial charge on any atom is 0.165 e. The average Bonchev–Trinajstić information content (AvgIpc) is 2.75. The van der Waals surface area contributed by atoms with Crippen LogP contribution in [0.15, 0.2) is 35.9 Å². The summed E-state index contributed by atoms with van der Waals surface area (Å²) in [6.45, 7) is 6.75. The standard InChI is InChI=1S/C18H22O/c1-4-18-11-10-15(17(18,2)3)14(16(18)19)12-13-8-6-5-7-9-13/h5-9,12,15H,4,10-11H2,1-3H3/b14-12-. The topological polar surface area (TPSA) is 17.1 Å². The van der Waals surface area contributed by atoms with Crippen LogP contribution in [0.2, 0.25) is 0 Å². The van der Waals surface area contributed by atoms with Gasteiger partial charge in [0.25, 0.3) is 0 Å². The fourth-order valence-corrected chi connectivity index (χ4v) is 4.48. The molecule has 1 aromatic carbocycles. The molecule has 0 radical (unpaired) electrons. The molecule has 2 unspecified atom stereocenters. The molecule has 0 saturated heterocycles. The second kappa shape index (κ2) is 4.06. The van der Waals surface area contributed by atoms with Gasteiger partial charge in [0.2, 0.25) is 0 Å². The Balaban J connectivity index is 2.07. The van der Waals surface area contributed by atoms with Crippen LogP contribution in [0.4, 0.5) is 0 Å². The molecule has 1 heteroatoms. The second-order valence-corrected chi connectivity index (χ2v) is 6.59. The van der Waals surface area contributed by atoms with Crippen molar-refractivity contribution in [2.75, 3.05) is 0 Å². The largest absolute Gasteiger partial charge is 0.294 e. The first-order valence-electron chi connectivity index (χ1n) is 7.34. The molecule has 100 valence electrons. The molecule has 1 nitrogen and oxygen atoms in total. The quantitative estimate of drug-likeness (QED) is 0.711. The van der Waals surface area contributed by atoms with Gasteiger partial charge in [-0.2, -0.15) is 0 Å². The highest BCUT2D eigenvalue weighted by atomic mass is 16.1. The minimum Gasteiger partial charge on any atom is -0.294 e. The van der Waals surface area contributed by atoms with Crippen molar-refractivity contribution in [2.24, 2.45) is 16.7 Å². The molecule has 0 heterocycles. The van der Waals surface area contributed by atoms with Crippen molar-refractivity contribution in [1.82, 2.24) is 0 Å². The first-order valence-corrected chi connectivity index (χ1v) is 7.34. The molecule has 0 N–H and O–H groups in total. The van der Waals surface area contributed by atoms with Crippen molar-refractivity contribution in [3.63, 3.8) is 0 Å². The van der Waals surface area contributed by atoms with Crippen LogP contribution in [0.3, 0.4) is 0 Å². The Kier molecular flexibility index (Phi) is 2.70. The van der Waals surface area contributed by atoms with Gasteiger partial charge in [0, 0.05) is 5.41 Å². The van der Waals surface area contributed by atoms with Crippen LogP contribution < -0.4 is 0 Å². The van der Waals surface area contributed by atoms with Crippen molar-refractivity contribution in [2.45, 2.75) is 40.0 Å². The molecular formula is C18H22O. The van der Waals surface area contributed by atoms with E-state index in [0.29, 0.717) is 11.7 Å². The summed E-state index contributed by atoms with van der Waals surface area (Å²) in [5.41, 5.74) is 2.25. The number of allylic oxidation sites excluding steroid dienone is 1. The van der Waals surface area contributed by atoms with Crippen LogP contribution in [-0.4, -0.2) is 5.78 Å². The van der Waals surface area contributed by atoms with E-state index in [0.717, 1.165) is 24.0 Å². The molecule has 0 aliphatic heterocycles. The number of hydrogen-bond donors (Lipinski definition) is 0. The number of ketones is 1. The van der Waals surface area contributed by atoms with Gasteiger partial charge < -0.3 is 0 Å². The van der Waals surface area contributed by atoms with Gasteiger partial charge >= 0.3 is 0 Å². The van der Waals surface area contributed by atoms with E-state index < -0.39 is 0 Å². The summed E-state index contributed by atoms with van der Waals surface area (Å²) in [7, 11) is 0. The van der Waals surface area contributed by atoms with Crippen molar-refractivity contribution in [3.8, 4) is 0 Å². The number of fused-ring (bicyclic) bond motifs is 2. The van der Waals surface area contributed by atoms with Gasteiger partial charge in [-0.25, -0.2) is 0 Å². The van der Waals surface area contributed by atoms with Gasteiger partial charge in [-0.15, -0.1) is 0 Å². The fourth-order valence-electron chi connectivity index (χ4n) is 4.48. The second-order valence-electron chi connectivity index (χ2n) is 6.59. The monoisotopic (exact) mass is 254 g/mol. The molecule has 2 fully saturated rings. The van der Waals surface area contributed by atoms with Crippen molar-refractivity contribution >= 4 is 11.9 Å². The van der Waals surface area contributed by atoms with E-state index in [1.807, 2.05) is 18.2 Å². The number of Topliss-reactive ketones (excluding diaryl/α,β-unsaturated/α-hetero) is 1. The Hall–Kier alpha value is -1.37. The van der Waals surface area contributed by atoms with Crippen LogP contribution >= 0.6 is 0 Å². The van der Waals surface area contributed by atoms with Gasteiger partial charge in [0.05, 0.1) is 0 Å². The molecule has 3 rings (SSSR count). The van der Waals surface area contributed by atoms with Crippen LogP contribution in [0.5, 0.6) is 0 Å². The third-order valence-corrected chi connectivity index (χ3v) is 5.76. The lowest BCUT2D eigenvalue weighted by Gasteiger charge is -2.34. The van der Waals surface area contributed by atoms with Crippen LogP contribution in [0.1, 0.15) is 45.6 Å². The van der Waals surface area contributed by atoms with E-state index in [-0.39, 0.29) is 10.8 Å². The van der Waals surface area contributed by atoms with E-state index in [1.165, 1.54) is 6.42 Å². The van der Waals surface area contributed by atoms with Gasteiger partial charge in [0.15, 0.2) is 5.78 Å². The highest BCUT2D eigenvalue weighted by molar-refractivity contribution is 6.08. The first kappa shape index (κ1) is 12.7. The summed E-state index contributed by atoms with van der Waals surface area (Å²) < 4.78 is 0. The average molecular weight is 254 g/mol. The predicted molar refractivity (Wildman–Crippen MR) is 78.7 cm³/mol. The molecule has 1 aromatic rings. The Morgan fingerprint density at radius 2 is 1.95 bits per heavy atom. The molecule has 0 spiro atoms. The van der Waals surface area contributed by atoms with E-state index in [9.17, 15) is 4.79 Å². The van der Waals surface area contributed by atoms with Gasteiger partial charge in [-0.3, -0.25) is 4.79 Å². The van der Waals surface area contributed by atoms with Crippen LogP contribution in [-0.2, 0) is 4.79 Å². The zero-order valence-electron chi connectivity index (χ0n) is 12.1. The molecular weight excluding hydrogens is 232 g/mol. The molecule has 19 heavy (non-hydrogen) atoms. The fraction of sp³-hybridized carbons (Fsp3) is 0.500. The highest BCUT2D eigenvalue weighted by Crippen LogP contribution is 2.67. The molecule has 2 atom stereocenters. The molecule has 0 aromatic heterocycles. The summed E-state index contributed by atoms with van der Waals surface area (Å²) in [6.07, 6.45) is 5.35. The third kappa shape index (κ3) is 1.51. The van der Waals surface area contributed by atoms with Crippen LogP contribution in [0, 0.1) is 16.7 Å². The maximum atomic E-state index is 12.9. The zero-order valence-corrected chi connectivity index (χ0v) is 12.1. The number of carbonyl (C=O) groups is 1. The zero-order chi connectivity index (χ0) is 13.7. The first-order chi connectivity index (χ1) is 9.03. The Morgan fingerprint density at radius 3 is 2.53 bits per heavy atom. The summed E-state index contributed by atoms with van der Waals surface area (Å²) in [4.78, 5) is 12.9. The van der Waals surface area contributed by atoms with E-state index in [1.54, 1.807) is 0 Å². The summed E-state index contributed by atoms with van der Waals surface area (Å²) in [5, 5.41) is 0. The van der Waals surface area contributed by atoms with E-state index in [2.05, 4.69) is 39.0 Å². The smallest absolute Gasteiger partial charge is 0.165 e. The summed E-state index contributed by atoms with van der Waals surface area (Å²) in [5.74, 6) is 0.861. The predicted octanol–water partition coefficient (Wildman–Crippen LogP) is 4.49. The molecule has 2 bridgehead atoms. The highest BCUT2D eigenvalue weighted by Gasteiger charge is 2.65. The minimum atomic E-state index is -0.0989. The van der Waals surface area contributed by atoms with E-state index >= 15 is 0 Å². The van der Waals surface area contributed by atoms with Gasteiger partial charge in [0.1, 0.15) is 0 Å². The Bertz CT molecular complexity index is 538. The number of carbonyl (C=O) groups excluding carboxylic acids is 1. The third-order valence-electron chi connectivity index (χ3n) is 5.76.